The van der Waals surface area contributed by atoms with Crippen LogP contribution in [0.15, 0.2) is 69.9 Å². The smallest absolute Gasteiger partial charge is 0.343 e. The van der Waals surface area contributed by atoms with Crippen molar-refractivity contribution in [3.63, 3.8) is 0 Å². The highest BCUT2D eigenvalue weighted by Gasteiger charge is 2.27. The Kier molecular flexibility index (Phi) is 4.93. The van der Waals surface area contributed by atoms with Crippen molar-refractivity contribution in [1.82, 2.24) is 0 Å². The van der Waals surface area contributed by atoms with Gasteiger partial charge in [0.2, 0.25) is 0 Å². The molecule has 0 bridgehead atoms. The minimum Gasteiger partial charge on any atom is -0.507 e. The number of aromatic hydroxyl groups is 1. The zero-order valence-corrected chi connectivity index (χ0v) is 17.3. The summed E-state index contributed by atoms with van der Waals surface area (Å²) in [6.45, 7) is 1.49. The van der Waals surface area contributed by atoms with E-state index in [1.165, 1.54) is 6.92 Å². The van der Waals surface area contributed by atoms with E-state index in [9.17, 15) is 14.7 Å². The minimum atomic E-state index is -0.620. The maximum atomic E-state index is 12.8. The number of ketones is 1. The molecule has 1 heterocycles. The molecule has 0 amide bonds. The van der Waals surface area contributed by atoms with Gasteiger partial charge in [-0.05, 0) is 64.0 Å². The molecule has 0 saturated carbocycles. The van der Waals surface area contributed by atoms with Gasteiger partial charge in [-0.15, -0.1) is 0 Å². The molecule has 140 valence electrons. The fourth-order valence-electron chi connectivity index (χ4n) is 3.69. The van der Waals surface area contributed by atoms with Crippen LogP contribution in [0.5, 0.6) is 5.75 Å². The number of carbonyl (C=O) groups is 1. The maximum absolute atomic E-state index is 12.8. The summed E-state index contributed by atoms with van der Waals surface area (Å²) >= 11 is 2.14. The number of rotatable bonds is 4. The highest BCUT2D eigenvalue weighted by atomic mass is 127. The number of halogens is 1. The normalized spacial score (nSPS) is 12.4. The van der Waals surface area contributed by atoms with Crippen molar-refractivity contribution in [2.75, 3.05) is 0 Å². The molecule has 3 aromatic carbocycles. The van der Waals surface area contributed by atoms with Crippen LogP contribution in [0.1, 0.15) is 30.4 Å². The van der Waals surface area contributed by atoms with Gasteiger partial charge in [0.1, 0.15) is 17.1 Å². The van der Waals surface area contributed by atoms with Crippen molar-refractivity contribution >= 4 is 50.1 Å². The summed E-state index contributed by atoms with van der Waals surface area (Å²) in [6.07, 6.45) is 0.0990. The predicted molar refractivity (Wildman–Crippen MR) is 118 cm³/mol. The lowest BCUT2D eigenvalue weighted by molar-refractivity contribution is -0.117. The lowest BCUT2D eigenvalue weighted by atomic mass is 9.84. The molecule has 0 spiro atoms. The SMILES string of the molecule is CC(=O)CC(c1c(O)c2cc(I)ccc2oc1=O)c1cccc2ccccc12. The molecule has 0 saturated heterocycles. The first-order chi connectivity index (χ1) is 13.5. The predicted octanol–water partition coefficient (Wildman–Crippen LogP) is 5.37. The first-order valence-electron chi connectivity index (χ1n) is 8.88. The fraction of sp³-hybridized carbons (Fsp3) is 0.130. The Morgan fingerprint density at radius 2 is 1.82 bits per heavy atom. The van der Waals surface area contributed by atoms with Crippen molar-refractivity contribution in [3.8, 4) is 5.75 Å². The van der Waals surface area contributed by atoms with Crippen LogP contribution in [0, 0.1) is 3.57 Å². The third kappa shape index (κ3) is 3.30. The highest BCUT2D eigenvalue weighted by molar-refractivity contribution is 14.1. The van der Waals surface area contributed by atoms with E-state index in [1.54, 1.807) is 12.1 Å². The van der Waals surface area contributed by atoms with Crippen LogP contribution in [0.2, 0.25) is 0 Å². The maximum Gasteiger partial charge on any atom is 0.343 e. The molecule has 1 N–H and O–H groups in total. The Morgan fingerprint density at radius 1 is 1.07 bits per heavy atom. The average molecular weight is 484 g/mol. The van der Waals surface area contributed by atoms with E-state index >= 15 is 0 Å². The molecule has 4 nitrogen and oxygen atoms in total. The molecule has 1 unspecified atom stereocenters. The quantitative estimate of drug-likeness (QED) is 0.313. The Balaban J connectivity index is 2.04. The Bertz CT molecular complexity index is 1270. The Labute approximate surface area is 174 Å². The number of fused-ring (bicyclic) bond motifs is 2. The Morgan fingerprint density at radius 3 is 2.61 bits per heavy atom. The summed E-state index contributed by atoms with van der Waals surface area (Å²) in [7, 11) is 0. The van der Waals surface area contributed by atoms with Crippen molar-refractivity contribution < 1.29 is 14.3 Å². The molecule has 1 atom stereocenters. The molecule has 5 heteroatoms. The van der Waals surface area contributed by atoms with Crippen molar-refractivity contribution in [1.29, 1.82) is 0 Å². The van der Waals surface area contributed by atoms with Crippen molar-refractivity contribution in [2.45, 2.75) is 19.3 Å². The van der Waals surface area contributed by atoms with E-state index in [0.29, 0.717) is 11.0 Å². The van der Waals surface area contributed by atoms with Gasteiger partial charge in [0.05, 0.1) is 10.9 Å². The second-order valence-corrected chi connectivity index (χ2v) is 8.07. The number of hydrogen-bond donors (Lipinski definition) is 1. The number of Topliss-reactive ketones (excluding diaryl/α,β-unsaturated/α-hetero) is 1. The number of hydrogen-bond acceptors (Lipinski definition) is 4. The van der Waals surface area contributed by atoms with Crippen LogP contribution in [0.4, 0.5) is 0 Å². The summed E-state index contributed by atoms with van der Waals surface area (Å²) in [6, 6.07) is 18.8. The summed E-state index contributed by atoms with van der Waals surface area (Å²) in [4.78, 5) is 24.9. The van der Waals surface area contributed by atoms with Gasteiger partial charge in [0.15, 0.2) is 0 Å². The summed E-state index contributed by atoms with van der Waals surface area (Å²) in [5.41, 5.74) is 0.651. The molecule has 1 aromatic heterocycles. The van der Waals surface area contributed by atoms with Crippen LogP contribution in [0.25, 0.3) is 21.7 Å². The van der Waals surface area contributed by atoms with Crippen LogP contribution in [-0.4, -0.2) is 10.9 Å². The van der Waals surface area contributed by atoms with Crippen molar-refractivity contribution in [2.24, 2.45) is 0 Å². The second kappa shape index (κ2) is 7.39. The van der Waals surface area contributed by atoms with Gasteiger partial charge >= 0.3 is 5.63 Å². The largest absolute Gasteiger partial charge is 0.507 e. The van der Waals surface area contributed by atoms with Gasteiger partial charge in [-0.25, -0.2) is 4.79 Å². The highest BCUT2D eigenvalue weighted by Crippen LogP contribution is 2.39. The van der Waals surface area contributed by atoms with Gasteiger partial charge < -0.3 is 9.52 Å². The van der Waals surface area contributed by atoms with E-state index in [2.05, 4.69) is 22.6 Å². The zero-order chi connectivity index (χ0) is 19.8. The summed E-state index contributed by atoms with van der Waals surface area (Å²) < 4.78 is 6.41. The van der Waals surface area contributed by atoms with Gasteiger partial charge in [-0.1, -0.05) is 42.5 Å². The third-order valence-electron chi connectivity index (χ3n) is 4.91. The lowest BCUT2D eigenvalue weighted by Gasteiger charge is -2.19. The molecule has 4 rings (SSSR count). The molecule has 28 heavy (non-hydrogen) atoms. The third-order valence-corrected chi connectivity index (χ3v) is 5.58. The minimum absolute atomic E-state index is 0.0699. The van der Waals surface area contributed by atoms with E-state index < -0.39 is 11.5 Å². The standard InChI is InChI=1S/C23H17IO4/c1-13(25)11-18(17-8-4-6-14-5-2-3-7-16(14)17)21-22(26)19-12-15(24)9-10-20(19)28-23(21)27/h2-10,12,18,26H,11H2,1H3. The van der Waals surface area contributed by atoms with E-state index in [4.69, 9.17) is 4.42 Å². The van der Waals surface area contributed by atoms with E-state index in [1.807, 2.05) is 48.5 Å². The van der Waals surface area contributed by atoms with E-state index in [0.717, 1.165) is 19.9 Å². The van der Waals surface area contributed by atoms with Crippen LogP contribution in [0.3, 0.4) is 0 Å². The monoisotopic (exact) mass is 484 g/mol. The van der Waals surface area contributed by atoms with Gasteiger partial charge in [0.25, 0.3) is 0 Å². The van der Waals surface area contributed by atoms with Gasteiger partial charge in [0, 0.05) is 15.9 Å². The first kappa shape index (κ1) is 18.7. The summed E-state index contributed by atoms with van der Waals surface area (Å²) in [5.74, 6) is -0.787. The molecular formula is C23H17IO4. The van der Waals surface area contributed by atoms with Crippen LogP contribution >= 0.6 is 22.6 Å². The van der Waals surface area contributed by atoms with Crippen LogP contribution in [-0.2, 0) is 4.79 Å². The average Bonchev–Trinajstić information content (AvgIpc) is 2.67. The molecular weight excluding hydrogens is 467 g/mol. The topological polar surface area (TPSA) is 67.5 Å². The van der Waals surface area contributed by atoms with Gasteiger partial charge in [-0.3, -0.25) is 4.79 Å². The first-order valence-corrected chi connectivity index (χ1v) is 9.96. The number of benzene rings is 3. The lowest BCUT2D eigenvalue weighted by Crippen LogP contribution is -2.17. The molecule has 0 aliphatic carbocycles. The molecule has 0 aliphatic rings. The zero-order valence-electron chi connectivity index (χ0n) is 15.1. The van der Waals surface area contributed by atoms with E-state index in [-0.39, 0.29) is 23.5 Å². The summed E-state index contributed by atoms with van der Waals surface area (Å²) in [5, 5.41) is 13.4. The molecule has 0 aliphatic heterocycles. The Hall–Kier alpha value is -2.67. The fourth-order valence-corrected chi connectivity index (χ4v) is 4.18. The van der Waals surface area contributed by atoms with Crippen LogP contribution < -0.4 is 5.63 Å². The second-order valence-electron chi connectivity index (χ2n) is 6.82. The van der Waals surface area contributed by atoms with Gasteiger partial charge in [-0.2, -0.15) is 0 Å². The molecule has 0 radical (unpaired) electrons. The molecule has 4 aromatic rings. The molecule has 0 fully saturated rings. The number of carbonyl (C=O) groups excluding carboxylic acids is 1. The van der Waals surface area contributed by atoms with Crippen molar-refractivity contribution in [3.05, 3.63) is 85.8 Å².